The van der Waals surface area contributed by atoms with Crippen molar-refractivity contribution in [2.45, 2.75) is 65.0 Å². The fourth-order valence-corrected chi connectivity index (χ4v) is 3.36. The van der Waals surface area contributed by atoms with Crippen molar-refractivity contribution in [1.82, 2.24) is 14.9 Å². The van der Waals surface area contributed by atoms with Gasteiger partial charge in [0.05, 0.1) is 5.69 Å². The van der Waals surface area contributed by atoms with Crippen LogP contribution in [0.25, 0.3) is 0 Å². The van der Waals surface area contributed by atoms with E-state index in [0.29, 0.717) is 5.92 Å². The lowest BCUT2D eigenvalue weighted by molar-refractivity contribution is 0.539. The van der Waals surface area contributed by atoms with Gasteiger partial charge < -0.3 is 9.88 Å². The van der Waals surface area contributed by atoms with Crippen molar-refractivity contribution in [3.05, 3.63) is 17.2 Å². The first kappa shape index (κ1) is 12.2. The van der Waals surface area contributed by atoms with E-state index in [1.165, 1.54) is 36.5 Å². The van der Waals surface area contributed by atoms with Crippen LogP contribution < -0.4 is 5.32 Å². The van der Waals surface area contributed by atoms with Crippen LogP contribution in [-0.2, 0) is 13.0 Å². The molecular weight excluding hydrogens is 222 g/mol. The van der Waals surface area contributed by atoms with Gasteiger partial charge in [-0.15, -0.1) is 0 Å². The predicted molar refractivity (Wildman–Crippen MR) is 73.8 cm³/mol. The third-order valence-corrected chi connectivity index (χ3v) is 4.34. The molecule has 1 aromatic heterocycles. The van der Waals surface area contributed by atoms with E-state index in [2.05, 4.69) is 30.7 Å². The number of nitrogens with one attached hydrogen (secondary N) is 1. The van der Waals surface area contributed by atoms with Crippen molar-refractivity contribution in [3.63, 3.8) is 0 Å². The largest absolute Gasteiger partial charge is 0.328 e. The van der Waals surface area contributed by atoms with Gasteiger partial charge in [-0.05, 0) is 18.8 Å². The van der Waals surface area contributed by atoms with E-state index in [-0.39, 0.29) is 0 Å². The van der Waals surface area contributed by atoms with Crippen molar-refractivity contribution in [3.8, 4) is 0 Å². The Morgan fingerprint density at radius 1 is 1.44 bits per heavy atom. The highest BCUT2D eigenvalue weighted by atomic mass is 15.2. The summed E-state index contributed by atoms with van der Waals surface area (Å²) in [5.74, 6) is 2.78. The fourth-order valence-electron chi connectivity index (χ4n) is 3.36. The van der Waals surface area contributed by atoms with Crippen molar-refractivity contribution >= 4 is 0 Å². The highest BCUT2D eigenvalue weighted by Crippen LogP contribution is 2.48. The van der Waals surface area contributed by atoms with Crippen molar-refractivity contribution < 1.29 is 0 Å². The van der Waals surface area contributed by atoms with Crippen LogP contribution in [0.3, 0.4) is 0 Å². The van der Waals surface area contributed by atoms with Gasteiger partial charge in [0.2, 0.25) is 0 Å². The minimum atomic E-state index is 0.540. The topological polar surface area (TPSA) is 29.9 Å². The summed E-state index contributed by atoms with van der Waals surface area (Å²) in [5.41, 5.74) is 2.84. The van der Waals surface area contributed by atoms with Crippen molar-refractivity contribution in [2.24, 2.45) is 5.92 Å². The van der Waals surface area contributed by atoms with Crippen LogP contribution in [0.1, 0.15) is 69.2 Å². The summed E-state index contributed by atoms with van der Waals surface area (Å²) < 4.78 is 2.61. The van der Waals surface area contributed by atoms with Crippen LogP contribution >= 0.6 is 0 Å². The smallest absolute Gasteiger partial charge is 0.112 e. The van der Waals surface area contributed by atoms with E-state index in [1.807, 2.05) is 0 Å². The average molecular weight is 247 g/mol. The molecule has 0 spiro atoms. The fraction of sp³-hybridized carbons (Fsp3) is 0.800. The Bertz CT molecular complexity index is 433. The molecule has 1 aliphatic heterocycles. The van der Waals surface area contributed by atoms with Crippen LogP contribution in [-0.4, -0.2) is 16.1 Å². The zero-order valence-corrected chi connectivity index (χ0v) is 11.9. The molecule has 1 fully saturated rings. The lowest BCUT2D eigenvalue weighted by Gasteiger charge is -2.17. The standard InChI is InChI=1S/C15H25N3/c1-4-5-11-8-14(11)18-13-6-7-16-9-12(13)17-15(18)10(2)3/h10-11,14,16H,4-9H2,1-3H3. The molecule has 0 bridgehead atoms. The molecule has 3 nitrogen and oxygen atoms in total. The van der Waals surface area contributed by atoms with Gasteiger partial charge in [-0.1, -0.05) is 27.2 Å². The Morgan fingerprint density at radius 3 is 3.00 bits per heavy atom. The van der Waals surface area contributed by atoms with Crippen LogP contribution in [0.15, 0.2) is 0 Å². The molecule has 0 aromatic carbocycles. The minimum Gasteiger partial charge on any atom is -0.328 e. The maximum absolute atomic E-state index is 4.91. The molecule has 3 rings (SSSR count). The van der Waals surface area contributed by atoms with E-state index >= 15 is 0 Å². The molecule has 1 aliphatic carbocycles. The monoisotopic (exact) mass is 247 g/mol. The first-order valence-electron chi connectivity index (χ1n) is 7.53. The van der Waals surface area contributed by atoms with Gasteiger partial charge in [-0.3, -0.25) is 0 Å². The molecule has 100 valence electrons. The Balaban J connectivity index is 1.93. The third-order valence-electron chi connectivity index (χ3n) is 4.34. The number of hydrogen-bond donors (Lipinski definition) is 1. The lowest BCUT2D eigenvalue weighted by atomic mass is 10.1. The summed E-state index contributed by atoms with van der Waals surface area (Å²) >= 11 is 0. The average Bonchev–Trinajstić information content (AvgIpc) is 3.00. The van der Waals surface area contributed by atoms with Crippen molar-refractivity contribution in [2.75, 3.05) is 6.54 Å². The summed E-state index contributed by atoms with van der Waals surface area (Å²) in [5, 5.41) is 3.44. The van der Waals surface area contributed by atoms with Gasteiger partial charge in [0.15, 0.2) is 0 Å². The van der Waals surface area contributed by atoms with Crippen LogP contribution in [0, 0.1) is 5.92 Å². The summed E-state index contributed by atoms with van der Waals surface area (Å²) in [6.07, 6.45) is 5.23. The predicted octanol–water partition coefficient (Wildman–Crippen LogP) is 3.01. The molecule has 18 heavy (non-hydrogen) atoms. The molecule has 2 aliphatic rings. The SMILES string of the molecule is CCCC1CC1n1c(C(C)C)nc2c1CCNC2. The number of aromatic nitrogens is 2. The second kappa shape index (κ2) is 4.69. The molecule has 1 N–H and O–H groups in total. The summed E-state index contributed by atoms with van der Waals surface area (Å²) in [4.78, 5) is 4.91. The van der Waals surface area contributed by atoms with Crippen LogP contribution in [0.2, 0.25) is 0 Å². The molecule has 1 aromatic rings. The Kier molecular flexibility index (Phi) is 3.18. The molecule has 0 radical (unpaired) electrons. The van der Waals surface area contributed by atoms with E-state index < -0.39 is 0 Å². The number of nitrogens with zero attached hydrogens (tertiary/aromatic N) is 2. The van der Waals surface area contributed by atoms with Gasteiger partial charge in [0, 0.05) is 37.2 Å². The van der Waals surface area contributed by atoms with E-state index in [0.717, 1.165) is 31.5 Å². The summed E-state index contributed by atoms with van der Waals surface area (Å²) in [6, 6.07) is 0.761. The first-order chi connectivity index (χ1) is 8.72. The molecule has 0 saturated heterocycles. The van der Waals surface area contributed by atoms with Crippen molar-refractivity contribution in [1.29, 1.82) is 0 Å². The van der Waals surface area contributed by atoms with Crippen LogP contribution in [0.4, 0.5) is 0 Å². The normalized spacial score (nSPS) is 26.4. The molecule has 1 saturated carbocycles. The lowest BCUT2D eigenvalue weighted by Crippen LogP contribution is -2.25. The zero-order chi connectivity index (χ0) is 12.7. The maximum Gasteiger partial charge on any atom is 0.112 e. The minimum absolute atomic E-state index is 0.540. The first-order valence-corrected chi connectivity index (χ1v) is 7.53. The number of hydrogen-bond acceptors (Lipinski definition) is 2. The maximum atomic E-state index is 4.91. The van der Waals surface area contributed by atoms with Crippen LogP contribution in [0.5, 0.6) is 0 Å². The van der Waals surface area contributed by atoms with E-state index in [4.69, 9.17) is 4.98 Å². The van der Waals surface area contributed by atoms with E-state index in [9.17, 15) is 0 Å². The zero-order valence-electron chi connectivity index (χ0n) is 11.9. The Hall–Kier alpha value is -0.830. The number of rotatable bonds is 4. The van der Waals surface area contributed by atoms with Gasteiger partial charge in [0.1, 0.15) is 5.82 Å². The van der Waals surface area contributed by atoms with Gasteiger partial charge in [0.25, 0.3) is 0 Å². The number of fused-ring (bicyclic) bond motifs is 1. The quantitative estimate of drug-likeness (QED) is 0.886. The molecule has 2 heterocycles. The molecule has 3 heteroatoms. The second-order valence-electron chi connectivity index (χ2n) is 6.17. The Morgan fingerprint density at radius 2 is 2.28 bits per heavy atom. The van der Waals surface area contributed by atoms with Gasteiger partial charge in [-0.25, -0.2) is 4.98 Å². The highest BCUT2D eigenvalue weighted by molar-refractivity contribution is 5.24. The molecule has 0 amide bonds. The van der Waals surface area contributed by atoms with Gasteiger partial charge >= 0.3 is 0 Å². The highest BCUT2D eigenvalue weighted by Gasteiger charge is 2.41. The molecule has 2 atom stereocenters. The van der Waals surface area contributed by atoms with E-state index in [1.54, 1.807) is 0 Å². The summed E-state index contributed by atoms with van der Waals surface area (Å²) in [7, 11) is 0. The summed E-state index contributed by atoms with van der Waals surface area (Å²) in [6.45, 7) is 8.92. The number of imidazole rings is 1. The molecule has 2 unspecified atom stereocenters. The van der Waals surface area contributed by atoms with Gasteiger partial charge in [-0.2, -0.15) is 0 Å². The third kappa shape index (κ3) is 1.99. The second-order valence-corrected chi connectivity index (χ2v) is 6.17. The Labute approximate surface area is 110 Å². The molecular formula is C15H25N3.